The summed E-state index contributed by atoms with van der Waals surface area (Å²) in [7, 11) is 1.97. The highest BCUT2D eigenvalue weighted by molar-refractivity contribution is 5.84. The van der Waals surface area contributed by atoms with Gasteiger partial charge in [-0.15, -0.1) is 0 Å². The first-order chi connectivity index (χ1) is 9.65. The van der Waals surface area contributed by atoms with Crippen molar-refractivity contribution < 1.29 is 9.59 Å². The Hall–Kier alpha value is -1.68. The van der Waals surface area contributed by atoms with E-state index >= 15 is 0 Å². The number of benzene rings is 1. The zero-order valence-electron chi connectivity index (χ0n) is 12.0. The average Bonchev–Trinajstić information content (AvgIpc) is 2.47. The number of carbonyl (C=O) groups is 2. The molecule has 0 unspecified atom stereocenters. The van der Waals surface area contributed by atoms with Gasteiger partial charge in [0.05, 0.1) is 6.54 Å². The molecule has 0 N–H and O–H groups in total. The fraction of sp³-hybridized carbons (Fsp3) is 0.500. The molecule has 1 aliphatic rings. The van der Waals surface area contributed by atoms with Gasteiger partial charge in [0, 0.05) is 32.5 Å². The van der Waals surface area contributed by atoms with Crippen LogP contribution in [0.5, 0.6) is 0 Å². The Kier molecular flexibility index (Phi) is 5.30. The van der Waals surface area contributed by atoms with Crippen LogP contribution in [-0.2, 0) is 16.0 Å². The summed E-state index contributed by atoms with van der Waals surface area (Å²) in [5, 5.41) is 0. The van der Waals surface area contributed by atoms with Gasteiger partial charge in [0.1, 0.15) is 5.78 Å². The van der Waals surface area contributed by atoms with E-state index in [1.807, 2.05) is 30.1 Å². The summed E-state index contributed by atoms with van der Waals surface area (Å²) in [6, 6.07) is 10.3. The molecule has 1 aliphatic heterocycles. The minimum atomic E-state index is 0.132. The van der Waals surface area contributed by atoms with Gasteiger partial charge in [0.2, 0.25) is 5.91 Å². The number of hydrogen-bond donors (Lipinski definition) is 0. The van der Waals surface area contributed by atoms with Gasteiger partial charge in [-0.1, -0.05) is 30.3 Å². The molecular formula is C16H22N2O2. The fourth-order valence-corrected chi connectivity index (χ4v) is 2.38. The van der Waals surface area contributed by atoms with Crippen LogP contribution in [0.15, 0.2) is 30.3 Å². The highest BCUT2D eigenvalue weighted by Gasteiger charge is 2.21. The minimum absolute atomic E-state index is 0.132. The molecule has 1 aromatic carbocycles. The number of Topliss-reactive ketones (excluding diaryl/α,β-unsaturated/α-hetero) is 1. The average molecular weight is 274 g/mol. The largest absolute Gasteiger partial charge is 0.341 e. The van der Waals surface area contributed by atoms with Crippen LogP contribution in [-0.4, -0.2) is 54.7 Å². The number of amides is 1. The molecule has 1 fully saturated rings. The second-order valence-corrected chi connectivity index (χ2v) is 5.39. The quantitative estimate of drug-likeness (QED) is 0.814. The first kappa shape index (κ1) is 14.7. The third kappa shape index (κ3) is 4.46. The number of likely N-dealkylation sites (tertiary alicyclic amines) is 1. The van der Waals surface area contributed by atoms with Crippen LogP contribution in [0.25, 0.3) is 0 Å². The number of likely N-dealkylation sites (N-methyl/N-ethyl adjacent to an activating group) is 1. The van der Waals surface area contributed by atoms with Crippen molar-refractivity contribution in [3.8, 4) is 0 Å². The normalized spacial score (nSPS) is 15.7. The van der Waals surface area contributed by atoms with Gasteiger partial charge < -0.3 is 4.90 Å². The summed E-state index contributed by atoms with van der Waals surface area (Å²) in [5.41, 5.74) is 1.29. The van der Waals surface area contributed by atoms with Crippen molar-refractivity contribution in [2.24, 2.45) is 0 Å². The predicted molar refractivity (Wildman–Crippen MR) is 78.5 cm³/mol. The van der Waals surface area contributed by atoms with E-state index in [0.717, 1.165) is 13.0 Å². The lowest BCUT2D eigenvalue weighted by Crippen LogP contribution is -2.43. The fourth-order valence-electron chi connectivity index (χ4n) is 2.38. The standard InChI is InChI=1S/C16H22N2O2/c1-17(10-7-14-5-3-2-4-6-14)13-16(20)18-11-8-15(19)9-12-18/h2-6H,7-13H2,1H3. The summed E-state index contributed by atoms with van der Waals surface area (Å²) in [5.74, 6) is 0.402. The lowest BCUT2D eigenvalue weighted by Gasteiger charge is -2.28. The molecule has 1 aromatic rings. The molecule has 0 aromatic heterocycles. The Morgan fingerprint density at radius 1 is 1.20 bits per heavy atom. The molecule has 1 heterocycles. The second-order valence-electron chi connectivity index (χ2n) is 5.39. The molecule has 2 rings (SSSR count). The molecule has 0 bridgehead atoms. The molecule has 0 saturated carbocycles. The van der Waals surface area contributed by atoms with Crippen molar-refractivity contribution in [1.82, 2.24) is 9.80 Å². The summed E-state index contributed by atoms with van der Waals surface area (Å²) in [6.07, 6.45) is 1.97. The van der Waals surface area contributed by atoms with E-state index in [9.17, 15) is 9.59 Å². The summed E-state index contributed by atoms with van der Waals surface area (Å²) in [6.45, 7) is 2.47. The van der Waals surface area contributed by atoms with E-state index in [4.69, 9.17) is 0 Å². The minimum Gasteiger partial charge on any atom is -0.341 e. The maximum Gasteiger partial charge on any atom is 0.236 e. The Labute approximate surface area is 120 Å². The molecule has 0 aliphatic carbocycles. The molecule has 0 radical (unpaired) electrons. The Balaban J connectivity index is 1.72. The summed E-state index contributed by atoms with van der Waals surface area (Å²) < 4.78 is 0. The third-order valence-electron chi connectivity index (χ3n) is 3.70. The van der Waals surface area contributed by atoms with Crippen molar-refractivity contribution in [2.75, 3.05) is 33.2 Å². The Morgan fingerprint density at radius 3 is 2.50 bits per heavy atom. The van der Waals surface area contributed by atoms with Gasteiger partial charge in [-0.2, -0.15) is 0 Å². The molecular weight excluding hydrogens is 252 g/mol. The number of piperidine rings is 1. The molecule has 4 nitrogen and oxygen atoms in total. The van der Waals surface area contributed by atoms with Crippen LogP contribution < -0.4 is 0 Å². The molecule has 0 atom stereocenters. The lowest BCUT2D eigenvalue weighted by molar-refractivity contribution is -0.135. The van der Waals surface area contributed by atoms with Gasteiger partial charge >= 0.3 is 0 Å². The van der Waals surface area contributed by atoms with Crippen LogP contribution >= 0.6 is 0 Å². The topological polar surface area (TPSA) is 40.6 Å². The summed E-state index contributed by atoms with van der Waals surface area (Å²) in [4.78, 5) is 27.1. The number of nitrogens with zero attached hydrogens (tertiary/aromatic N) is 2. The van der Waals surface area contributed by atoms with Crippen molar-refractivity contribution in [2.45, 2.75) is 19.3 Å². The molecule has 0 spiro atoms. The molecule has 4 heteroatoms. The SMILES string of the molecule is CN(CCc1ccccc1)CC(=O)N1CCC(=O)CC1. The molecule has 108 valence electrons. The van der Waals surface area contributed by atoms with Crippen LogP contribution in [0.3, 0.4) is 0 Å². The molecule has 1 saturated heterocycles. The van der Waals surface area contributed by atoms with E-state index in [1.54, 1.807) is 4.90 Å². The van der Waals surface area contributed by atoms with Crippen molar-refractivity contribution >= 4 is 11.7 Å². The third-order valence-corrected chi connectivity index (χ3v) is 3.70. The van der Waals surface area contributed by atoms with Crippen molar-refractivity contribution in [1.29, 1.82) is 0 Å². The zero-order chi connectivity index (χ0) is 14.4. The van der Waals surface area contributed by atoms with Crippen LogP contribution in [0, 0.1) is 0 Å². The van der Waals surface area contributed by atoms with Crippen molar-refractivity contribution in [3.05, 3.63) is 35.9 Å². The number of ketones is 1. The smallest absolute Gasteiger partial charge is 0.236 e. The predicted octanol–water partition coefficient (Wildman–Crippen LogP) is 1.35. The maximum absolute atomic E-state index is 12.1. The Bertz CT molecular complexity index is 449. The number of rotatable bonds is 5. The van der Waals surface area contributed by atoms with E-state index in [0.29, 0.717) is 32.5 Å². The lowest BCUT2D eigenvalue weighted by atomic mass is 10.1. The van der Waals surface area contributed by atoms with E-state index in [2.05, 4.69) is 12.1 Å². The monoisotopic (exact) mass is 274 g/mol. The molecule has 20 heavy (non-hydrogen) atoms. The van der Waals surface area contributed by atoms with Gasteiger partial charge in [0.15, 0.2) is 0 Å². The van der Waals surface area contributed by atoms with Crippen molar-refractivity contribution in [3.63, 3.8) is 0 Å². The van der Waals surface area contributed by atoms with Gasteiger partial charge in [-0.05, 0) is 19.0 Å². The van der Waals surface area contributed by atoms with Gasteiger partial charge in [-0.25, -0.2) is 0 Å². The highest BCUT2D eigenvalue weighted by atomic mass is 16.2. The number of carbonyl (C=O) groups excluding carboxylic acids is 2. The first-order valence-corrected chi connectivity index (χ1v) is 7.17. The first-order valence-electron chi connectivity index (χ1n) is 7.17. The number of hydrogen-bond acceptors (Lipinski definition) is 3. The highest BCUT2D eigenvalue weighted by Crippen LogP contribution is 2.07. The summed E-state index contributed by atoms with van der Waals surface area (Å²) >= 11 is 0. The van der Waals surface area contributed by atoms with E-state index < -0.39 is 0 Å². The molecule has 1 amide bonds. The van der Waals surface area contributed by atoms with Crippen LogP contribution in [0.2, 0.25) is 0 Å². The van der Waals surface area contributed by atoms with E-state index in [-0.39, 0.29) is 11.7 Å². The second kappa shape index (κ2) is 7.20. The van der Waals surface area contributed by atoms with E-state index in [1.165, 1.54) is 5.56 Å². The zero-order valence-corrected chi connectivity index (χ0v) is 12.0. The maximum atomic E-state index is 12.1. The Morgan fingerprint density at radius 2 is 1.85 bits per heavy atom. The van der Waals surface area contributed by atoms with Crippen LogP contribution in [0.1, 0.15) is 18.4 Å². The van der Waals surface area contributed by atoms with Gasteiger partial charge in [-0.3, -0.25) is 14.5 Å². The van der Waals surface area contributed by atoms with Gasteiger partial charge in [0.25, 0.3) is 0 Å². The van der Waals surface area contributed by atoms with Crippen LogP contribution in [0.4, 0.5) is 0 Å².